The molecule has 1 N–H and O–H groups in total. The first kappa shape index (κ1) is 11.8. The van der Waals surface area contributed by atoms with Gasteiger partial charge >= 0.3 is 0 Å². The summed E-state index contributed by atoms with van der Waals surface area (Å²) in [6.45, 7) is 4.99. The summed E-state index contributed by atoms with van der Waals surface area (Å²) in [5, 5.41) is 13.9. The molecule has 1 aromatic heterocycles. The molecule has 90 valence electrons. The van der Waals surface area contributed by atoms with E-state index in [2.05, 4.69) is 39.5 Å². The summed E-state index contributed by atoms with van der Waals surface area (Å²) in [6.07, 6.45) is 1.80. The molecule has 0 aliphatic rings. The minimum atomic E-state index is 0.927. The second-order valence-electron chi connectivity index (χ2n) is 4.03. The zero-order valence-corrected chi connectivity index (χ0v) is 10.3. The lowest BCUT2D eigenvalue weighted by molar-refractivity contribution is 0.701. The van der Waals surface area contributed by atoms with Crippen LogP contribution in [-0.4, -0.2) is 36.9 Å². The van der Waals surface area contributed by atoms with Crippen molar-refractivity contribution in [3.63, 3.8) is 0 Å². The van der Waals surface area contributed by atoms with Crippen LogP contribution in [0.4, 0.5) is 5.82 Å². The van der Waals surface area contributed by atoms with Gasteiger partial charge < -0.3 is 10.2 Å². The number of fused-ring (bicyclic) bond motifs is 1. The number of nitrogens with zero attached hydrogens (tertiary/aromatic N) is 3. The molecule has 0 saturated heterocycles. The van der Waals surface area contributed by atoms with Crippen LogP contribution in [0.25, 0.3) is 10.8 Å². The molecule has 0 amide bonds. The highest BCUT2D eigenvalue weighted by atomic mass is 15.2. The summed E-state index contributed by atoms with van der Waals surface area (Å²) in [6, 6.07) is 8.20. The summed E-state index contributed by atoms with van der Waals surface area (Å²) < 4.78 is 0. The number of hydrogen-bond donors (Lipinski definition) is 1. The number of anilines is 1. The molecule has 0 fully saturated rings. The predicted octanol–water partition coefficient (Wildman–Crippen LogP) is 1.68. The van der Waals surface area contributed by atoms with Crippen LogP contribution in [0.3, 0.4) is 0 Å². The van der Waals surface area contributed by atoms with E-state index in [1.807, 2.05) is 19.2 Å². The van der Waals surface area contributed by atoms with Crippen molar-refractivity contribution in [1.82, 2.24) is 15.5 Å². The fraction of sp³-hybridized carbons (Fsp3) is 0.385. The molecule has 0 spiro atoms. The van der Waals surface area contributed by atoms with E-state index >= 15 is 0 Å². The summed E-state index contributed by atoms with van der Waals surface area (Å²) in [5.41, 5.74) is 0. The number of nitrogens with one attached hydrogen (secondary N) is 1. The monoisotopic (exact) mass is 230 g/mol. The third-order valence-corrected chi connectivity index (χ3v) is 2.79. The van der Waals surface area contributed by atoms with Crippen LogP contribution in [0, 0.1) is 0 Å². The van der Waals surface area contributed by atoms with Crippen molar-refractivity contribution in [2.75, 3.05) is 31.6 Å². The van der Waals surface area contributed by atoms with E-state index in [0.717, 1.165) is 36.2 Å². The summed E-state index contributed by atoms with van der Waals surface area (Å²) >= 11 is 0. The van der Waals surface area contributed by atoms with Crippen LogP contribution in [0.5, 0.6) is 0 Å². The predicted molar refractivity (Wildman–Crippen MR) is 71.4 cm³/mol. The van der Waals surface area contributed by atoms with Gasteiger partial charge in [-0.25, -0.2) is 0 Å². The van der Waals surface area contributed by atoms with E-state index in [1.54, 1.807) is 6.20 Å². The standard InChI is InChI=1S/C13H18N4/c1-3-14-8-9-17(2)13-12-7-5-4-6-11(12)10-15-16-13/h4-7,10,14H,3,8-9H2,1-2H3. The fourth-order valence-electron chi connectivity index (χ4n) is 1.82. The topological polar surface area (TPSA) is 41.0 Å². The molecule has 0 unspecified atom stereocenters. The summed E-state index contributed by atoms with van der Waals surface area (Å²) in [5.74, 6) is 0.945. The van der Waals surface area contributed by atoms with Gasteiger partial charge in [0.2, 0.25) is 0 Å². The Morgan fingerprint density at radius 2 is 2.12 bits per heavy atom. The largest absolute Gasteiger partial charge is 0.356 e. The Morgan fingerprint density at radius 1 is 1.29 bits per heavy atom. The molecule has 1 heterocycles. The van der Waals surface area contributed by atoms with Crippen LogP contribution in [0.1, 0.15) is 6.92 Å². The van der Waals surface area contributed by atoms with Crippen molar-refractivity contribution < 1.29 is 0 Å². The minimum absolute atomic E-state index is 0.927. The quantitative estimate of drug-likeness (QED) is 0.793. The average molecular weight is 230 g/mol. The van der Waals surface area contributed by atoms with Gasteiger partial charge in [0.25, 0.3) is 0 Å². The van der Waals surface area contributed by atoms with Crippen molar-refractivity contribution in [2.45, 2.75) is 6.92 Å². The summed E-state index contributed by atoms with van der Waals surface area (Å²) in [7, 11) is 2.05. The highest BCUT2D eigenvalue weighted by Crippen LogP contribution is 2.21. The first-order chi connectivity index (χ1) is 8.33. The highest BCUT2D eigenvalue weighted by molar-refractivity contribution is 5.91. The maximum absolute atomic E-state index is 4.23. The van der Waals surface area contributed by atoms with Crippen LogP contribution in [-0.2, 0) is 0 Å². The molecule has 2 rings (SSSR count). The van der Waals surface area contributed by atoms with Gasteiger partial charge in [-0.1, -0.05) is 31.2 Å². The maximum Gasteiger partial charge on any atom is 0.158 e. The Labute approximate surface area is 102 Å². The molecule has 2 aromatic rings. The van der Waals surface area contributed by atoms with E-state index in [4.69, 9.17) is 0 Å². The number of rotatable bonds is 5. The second-order valence-corrected chi connectivity index (χ2v) is 4.03. The van der Waals surface area contributed by atoms with E-state index in [9.17, 15) is 0 Å². The van der Waals surface area contributed by atoms with Gasteiger partial charge in [0, 0.05) is 30.9 Å². The first-order valence-electron chi connectivity index (χ1n) is 5.95. The van der Waals surface area contributed by atoms with Gasteiger partial charge in [0.1, 0.15) is 0 Å². The third-order valence-electron chi connectivity index (χ3n) is 2.79. The molecule has 0 radical (unpaired) electrons. The van der Waals surface area contributed by atoms with Crippen LogP contribution in [0.2, 0.25) is 0 Å². The fourth-order valence-corrected chi connectivity index (χ4v) is 1.82. The van der Waals surface area contributed by atoms with Crippen molar-refractivity contribution in [3.05, 3.63) is 30.5 Å². The molecule has 4 nitrogen and oxygen atoms in total. The van der Waals surface area contributed by atoms with Crippen LogP contribution >= 0.6 is 0 Å². The number of likely N-dealkylation sites (N-methyl/N-ethyl adjacent to an activating group) is 2. The van der Waals surface area contributed by atoms with Gasteiger partial charge in [0.15, 0.2) is 5.82 Å². The Morgan fingerprint density at radius 3 is 2.94 bits per heavy atom. The van der Waals surface area contributed by atoms with Gasteiger partial charge in [-0.15, -0.1) is 5.10 Å². The summed E-state index contributed by atoms with van der Waals surface area (Å²) in [4.78, 5) is 2.14. The Balaban J connectivity index is 2.22. The van der Waals surface area contributed by atoms with Crippen molar-refractivity contribution >= 4 is 16.6 Å². The van der Waals surface area contributed by atoms with Crippen molar-refractivity contribution in [1.29, 1.82) is 0 Å². The van der Waals surface area contributed by atoms with E-state index in [1.165, 1.54) is 0 Å². The SMILES string of the molecule is CCNCCN(C)c1nncc2ccccc12. The van der Waals surface area contributed by atoms with E-state index in [0.29, 0.717) is 0 Å². The molecule has 0 atom stereocenters. The molecular formula is C13H18N4. The van der Waals surface area contributed by atoms with E-state index < -0.39 is 0 Å². The van der Waals surface area contributed by atoms with Gasteiger partial charge in [0.05, 0.1) is 6.20 Å². The zero-order chi connectivity index (χ0) is 12.1. The first-order valence-corrected chi connectivity index (χ1v) is 5.95. The lowest BCUT2D eigenvalue weighted by Crippen LogP contribution is -2.29. The van der Waals surface area contributed by atoms with Gasteiger partial charge in [-0.2, -0.15) is 5.10 Å². The molecule has 0 bridgehead atoms. The van der Waals surface area contributed by atoms with Crippen molar-refractivity contribution in [3.8, 4) is 0 Å². The number of hydrogen-bond acceptors (Lipinski definition) is 4. The van der Waals surface area contributed by atoms with Crippen molar-refractivity contribution in [2.24, 2.45) is 0 Å². The minimum Gasteiger partial charge on any atom is -0.356 e. The molecule has 0 aliphatic carbocycles. The molecule has 0 aliphatic heterocycles. The molecule has 0 saturated carbocycles. The van der Waals surface area contributed by atoms with Crippen LogP contribution in [0.15, 0.2) is 30.5 Å². The molecule has 1 aromatic carbocycles. The van der Waals surface area contributed by atoms with E-state index in [-0.39, 0.29) is 0 Å². The molecule has 17 heavy (non-hydrogen) atoms. The Hall–Kier alpha value is -1.68. The smallest absolute Gasteiger partial charge is 0.158 e. The maximum atomic E-state index is 4.23. The average Bonchev–Trinajstić information content (AvgIpc) is 2.38. The molecular weight excluding hydrogens is 212 g/mol. The van der Waals surface area contributed by atoms with Crippen LogP contribution < -0.4 is 10.2 Å². The van der Waals surface area contributed by atoms with Gasteiger partial charge in [-0.3, -0.25) is 0 Å². The Bertz CT molecular complexity index is 478. The number of aromatic nitrogens is 2. The lowest BCUT2D eigenvalue weighted by atomic mass is 10.2. The lowest BCUT2D eigenvalue weighted by Gasteiger charge is -2.19. The second kappa shape index (κ2) is 5.59. The zero-order valence-electron chi connectivity index (χ0n) is 10.3. The van der Waals surface area contributed by atoms with Gasteiger partial charge in [-0.05, 0) is 6.54 Å². The third kappa shape index (κ3) is 2.71. The highest BCUT2D eigenvalue weighted by Gasteiger charge is 2.07. The molecule has 4 heteroatoms. The number of benzene rings is 1. The Kier molecular flexibility index (Phi) is 3.88. The normalized spacial score (nSPS) is 10.7.